The number of amides is 2. The van der Waals surface area contributed by atoms with Crippen molar-refractivity contribution in [3.05, 3.63) is 29.8 Å². The highest BCUT2D eigenvalue weighted by Crippen LogP contribution is 2.12. The highest BCUT2D eigenvalue weighted by Gasteiger charge is 2.25. The van der Waals surface area contributed by atoms with Crippen LogP contribution in [-0.2, 0) is 20.8 Å². The lowest BCUT2D eigenvalue weighted by Gasteiger charge is -2.23. The summed E-state index contributed by atoms with van der Waals surface area (Å²) < 4.78 is 0. The molecule has 0 aliphatic carbocycles. The third-order valence-corrected chi connectivity index (χ3v) is 4.24. The van der Waals surface area contributed by atoms with Crippen LogP contribution in [0, 0.1) is 5.92 Å². The van der Waals surface area contributed by atoms with Gasteiger partial charge in [0.05, 0.1) is 6.54 Å². The highest BCUT2D eigenvalue weighted by molar-refractivity contribution is 5.88. The number of hydrogen-bond donors (Lipinski definition) is 4. The number of carbonyl (C=O) groups excluding carboxylic acids is 3. The van der Waals surface area contributed by atoms with Gasteiger partial charge in [0.1, 0.15) is 17.6 Å². The lowest BCUT2D eigenvalue weighted by Crippen LogP contribution is -2.51. The van der Waals surface area contributed by atoms with E-state index >= 15 is 0 Å². The smallest absolute Gasteiger partial charge is 0.242 e. The van der Waals surface area contributed by atoms with Gasteiger partial charge in [0.2, 0.25) is 11.8 Å². The minimum Gasteiger partial charge on any atom is -0.508 e. The van der Waals surface area contributed by atoms with E-state index in [1.54, 1.807) is 24.3 Å². The number of ketones is 1. The first-order valence-corrected chi connectivity index (χ1v) is 8.94. The van der Waals surface area contributed by atoms with Gasteiger partial charge in [0.25, 0.3) is 0 Å². The Balaban J connectivity index is 2.38. The molecule has 0 aliphatic rings. The zero-order valence-corrected chi connectivity index (χ0v) is 15.5. The first kappa shape index (κ1) is 21.6. The van der Waals surface area contributed by atoms with E-state index < -0.39 is 6.04 Å². The molecule has 0 bridgehead atoms. The number of nitrogens with one attached hydrogen (secondary N) is 2. The van der Waals surface area contributed by atoms with Crippen LogP contribution in [0.5, 0.6) is 5.75 Å². The first-order valence-electron chi connectivity index (χ1n) is 8.94. The third kappa shape index (κ3) is 7.65. The summed E-state index contributed by atoms with van der Waals surface area (Å²) in [5, 5.41) is 14.8. The normalized spacial score (nSPS) is 12.9. The first-order chi connectivity index (χ1) is 12.4. The van der Waals surface area contributed by atoms with Crippen LogP contribution in [0.2, 0.25) is 0 Å². The van der Waals surface area contributed by atoms with Crippen LogP contribution in [0.3, 0.4) is 0 Å². The van der Waals surface area contributed by atoms with E-state index in [0.29, 0.717) is 19.4 Å². The van der Waals surface area contributed by atoms with Crippen molar-refractivity contribution in [3.8, 4) is 5.75 Å². The van der Waals surface area contributed by atoms with Crippen LogP contribution < -0.4 is 16.4 Å². The molecule has 1 aromatic carbocycles. The van der Waals surface area contributed by atoms with Crippen LogP contribution in [0.1, 0.15) is 38.7 Å². The molecule has 0 saturated carbocycles. The molecule has 1 rings (SSSR count). The molecule has 0 heterocycles. The van der Waals surface area contributed by atoms with E-state index in [1.165, 1.54) is 0 Å². The van der Waals surface area contributed by atoms with Gasteiger partial charge in [0, 0.05) is 19.4 Å². The second kappa shape index (κ2) is 11.3. The summed E-state index contributed by atoms with van der Waals surface area (Å²) in [6.07, 6.45) is 1.84. The van der Waals surface area contributed by atoms with Gasteiger partial charge < -0.3 is 21.5 Å². The molecule has 7 heteroatoms. The van der Waals surface area contributed by atoms with Crippen molar-refractivity contribution in [1.82, 2.24) is 10.6 Å². The highest BCUT2D eigenvalue weighted by atomic mass is 16.3. The van der Waals surface area contributed by atoms with E-state index in [1.807, 2.05) is 13.8 Å². The molecular formula is C19H29N3O4. The summed E-state index contributed by atoms with van der Waals surface area (Å²) in [5.41, 5.74) is 6.06. The lowest BCUT2D eigenvalue weighted by atomic mass is 9.98. The number of phenolic OH excluding ortho intramolecular Hbond substituents is 1. The van der Waals surface area contributed by atoms with Gasteiger partial charge in [-0.25, -0.2) is 0 Å². The maximum atomic E-state index is 12.3. The molecule has 2 amide bonds. The summed E-state index contributed by atoms with van der Waals surface area (Å²) in [4.78, 5) is 35.8. The van der Waals surface area contributed by atoms with Gasteiger partial charge >= 0.3 is 0 Å². The summed E-state index contributed by atoms with van der Waals surface area (Å²) in [7, 11) is 0. The molecule has 0 radical (unpaired) electrons. The van der Waals surface area contributed by atoms with Crippen LogP contribution in [0.15, 0.2) is 24.3 Å². The number of carbonyl (C=O) groups is 3. The fourth-order valence-corrected chi connectivity index (χ4v) is 2.52. The Labute approximate surface area is 154 Å². The van der Waals surface area contributed by atoms with Crippen molar-refractivity contribution in [2.45, 2.75) is 45.6 Å². The molecule has 2 unspecified atom stereocenters. The Hall–Kier alpha value is -2.41. The average Bonchev–Trinajstić information content (AvgIpc) is 2.62. The summed E-state index contributed by atoms with van der Waals surface area (Å²) in [5.74, 6) is -0.468. The van der Waals surface area contributed by atoms with Gasteiger partial charge in [-0.3, -0.25) is 14.4 Å². The summed E-state index contributed by atoms with van der Waals surface area (Å²) in [6.45, 7) is 4.03. The molecule has 7 nitrogen and oxygen atoms in total. The number of hydrogen-bond acceptors (Lipinski definition) is 5. The van der Waals surface area contributed by atoms with Gasteiger partial charge in [-0.05, 0) is 30.0 Å². The Morgan fingerprint density at radius 2 is 2.00 bits per heavy atom. The number of aromatic hydroxyl groups is 1. The largest absolute Gasteiger partial charge is 0.508 e. The van der Waals surface area contributed by atoms with Crippen LogP contribution in [0.25, 0.3) is 0 Å². The average molecular weight is 363 g/mol. The van der Waals surface area contributed by atoms with Crippen LogP contribution >= 0.6 is 0 Å². The molecule has 0 spiro atoms. The zero-order chi connectivity index (χ0) is 19.5. The monoisotopic (exact) mass is 363 g/mol. The predicted octanol–water partition coefficient (Wildman–Crippen LogP) is 0.890. The van der Waals surface area contributed by atoms with Crippen LogP contribution in [0.4, 0.5) is 0 Å². The van der Waals surface area contributed by atoms with Crippen molar-refractivity contribution in [3.63, 3.8) is 0 Å². The van der Waals surface area contributed by atoms with Gasteiger partial charge in [-0.1, -0.05) is 32.4 Å². The van der Waals surface area contributed by atoms with E-state index in [4.69, 9.17) is 5.73 Å². The fraction of sp³-hybridized carbons (Fsp3) is 0.526. The minimum absolute atomic E-state index is 0.0158. The second-order valence-electron chi connectivity index (χ2n) is 6.41. The molecule has 26 heavy (non-hydrogen) atoms. The van der Waals surface area contributed by atoms with E-state index in [0.717, 1.165) is 12.0 Å². The van der Waals surface area contributed by atoms with Gasteiger partial charge in [0.15, 0.2) is 0 Å². The molecule has 0 saturated heterocycles. The predicted molar refractivity (Wildman–Crippen MR) is 99.5 cm³/mol. The topological polar surface area (TPSA) is 122 Å². The molecule has 1 aromatic rings. The van der Waals surface area contributed by atoms with E-state index in [-0.39, 0.29) is 42.2 Å². The number of Topliss-reactive ketones (excluding diaryl/α,β-unsaturated/α-hetero) is 1. The molecule has 0 aromatic heterocycles. The number of phenols is 1. The summed E-state index contributed by atoms with van der Waals surface area (Å²) >= 11 is 0. The molecule has 0 aliphatic heterocycles. The van der Waals surface area contributed by atoms with Gasteiger partial charge in [-0.15, -0.1) is 0 Å². The van der Waals surface area contributed by atoms with Crippen molar-refractivity contribution in [2.24, 2.45) is 11.7 Å². The Bertz CT molecular complexity index is 619. The second-order valence-corrected chi connectivity index (χ2v) is 6.41. The number of rotatable bonds is 11. The lowest BCUT2D eigenvalue weighted by molar-refractivity contribution is -0.129. The number of nitrogens with two attached hydrogens (primary N) is 1. The molecule has 5 N–H and O–H groups in total. The Kier molecular flexibility index (Phi) is 9.36. The quantitative estimate of drug-likeness (QED) is 0.435. The number of benzene rings is 1. The Morgan fingerprint density at radius 1 is 1.27 bits per heavy atom. The van der Waals surface area contributed by atoms with Crippen molar-refractivity contribution >= 4 is 17.6 Å². The SMILES string of the molecule is CCC(C)C(NC(=O)CN)C(=O)NCCCC(=O)Cc1cccc(O)c1. The maximum Gasteiger partial charge on any atom is 0.242 e. The minimum atomic E-state index is -0.626. The third-order valence-electron chi connectivity index (χ3n) is 4.24. The molecule has 0 fully saturated rings. The Morgan fingerprint density at radius 3 is 2.62 bits per heavy atom. The van der Waals surface area contributed by atoms with Crippen molar-refractivity contribution in [1.29, 1.82) is 0 Å². The standard InChI is InChI=1S/C19H29N3O4/c1-3-13(2)18(22-17(25)12-20)19(26)21-9-5-8-16(24)11-14-6-4-7-15(23)10-14/h4,6-7,10,13,18,23H,3,5,8-9,11-12,20H2,1-2H3,(H,21,26)(H,22,25). The molecule has 144 valence electrons. The molecular weight excluding hydrogens is 334 g/mol. The zero-order valence-electron chi connectivity index (χ0n) is 15.5. The molecule has 2 atom stereocenters. The van der Waals surface area contributed by atoms with E-state index in [2.05, 4.69) is 10.6 Å². The van der Waals surface area contributed by atoms with E-state index in [9.17, 15) is 19.5 Å². The summed E-state index contributed by atoms with van der Waals surface area (Å²) in [6, 6.07) is 5.98. The van der Waals surface area contributed by atoms with Crippen LogP contribution in [-0.4, -0.2) is 41.8 Å². The maximum absolute atomic E-state index is 12.3. The van der Waals surface area contributed by atoms with Crippen molar-refractivity contribution < 1.29 is 19.5 Å². The fourth-order valence-electron chi connectivity index (χ4n) is 2.52. The van der Waals surface area contributed by atoms with Crippen molar-refractivity contribution in [2.75, 3.05) is 13.1 Å². The van der Waals surface area contributed by atoms with Gasteiger partial charge in [-0.2, -0.15) is 0 Å².